The highest BCUT2D eigenvalue weighted by molar-refractivity contribution is 5.80. The van der Waals surface area contributed by atoms with Gasteiger partial charge in [0.25, 0.3) is 0 Å². The molecule has 0 saturated heterocycles. The maximum Gasteiger partial charge on any atom is 0.326 e. The second kappa shape index (κ2) is 8.02. The quantitative estimate of drug-likeness (QED) is 0.729. The Morgan fingerprint density at radius 2 is 1.20 bits per heavy atom. The highest BCUT2D eigenvalue weighted by atomic mass is 16.6. The zero-order valence-corrected chi connectivity index (χ0v) is 13.7. The van der Waals surface area contributed by atoms with Gasteiger partial charge in [-0.2, -0.15) is 0 Å². The van der Waals surface area contributed by atoms with E-state index in [4.69, 9.17) is 10.5 Å². The lowest BCUT2D eigenvalue weighted by molar-refractivity contribution is -0.162. The lowest BCUT2D eigenvalue weighted by Crippen LogP contribution is -2.51. The van der Waals surface area contributed by atoms with E-state index in [0.29, 0.717) is 0 Å². The molecule has 0 aromatic carbocycles. The normalized spacial score (nSPS) is 22.4. The van der Waals surface area contributed by atoms with Gasteiger partial charge >= 0.3 is 5.97 Å². The number of hydrogen-bond donors (Lipinski definition) is 1. The zero-order valence-electron chi connectivity index (χ0n) is 13.7. The molecule has 1 fully saturated rings. The van der Waals surface area contributed by atoms with Gasteiger partial charge in [0.05, 0.1) is 0 Å². The first-order valence-corrected chi connectivity index (χ1v) is 8.36. The van der Waals surface area contributed by atoms with Crippen molar-refractivity contribution < 1.29 is 9.53 Å². The first-order valence-electron chi connectivity index (χ1n) is 8.36. The summed E-state index contributed by atoms with van der Waals surface area (Å²) in [6.45, 7) is 5.72. The molecule has 3 nitrogen and oxygen atoms in total. The molecule has 0 radical (unpaired) electrons. The minimum absolute atomic E-state index is 0.206. The van der Waals surface area contributed by atoms with Crippen molar-refractivity contribution >= 4 is 5.97 Å². The number of nitrogens with two attached hydrogens (primary N) is 1. The van der Waals surface area contributed by atoms with Crippen LogP contribution in [0.5, 0.6) is 0 Å². The third-order valence-corrected chi connectivity index (χ3v) is 4.05. The number of rotatable bonds is 1. The maximum absolute atomic E-state index is 12.4. The van der Waals surface area contributed by atoms with E-state index in [-0.39, 0.29) is 5.97 Å². The standard InChI is InChI=1S/C17H33NO2/c1-16(2,3)20-15(19)17(18)13-11-9-7-5-4-6-8-10-12-14-17/h4-14,18H2,1-3H3. The fourth-order valence-corrected chi connectivity index (χ4v) is 2.83. The van der Waals surface area contributed by atoms with Gasteiger partial charge in [-0.3, -0.25) is 4.79 Å². The molecule has 0 unspecified atom stereocenters. The van der Waals surface area contributed by atoms with Gasteiger partial charge in [-0.1, -0.05) is 57.8 Å². The SMILES string of the molecule is CC(C)(C)OC(=O)C1(N)CCCCCCCCCCC1. The number of ether oxygens (including phenoxy) is 1. The summed E-state index contributed by atoms with van der Waals surface area (Å²) in [6, 6.07) is 0. The van der Waals surface area contributed by atoms with Crippen LogP contribution in [0.1, 0.15) is 91.4 Å². The number of carbonyl (C=O) groups excluding carboxylic acids is 1. The van der Waals surface area contributed by atoms with Gasteiger partial charge in [-0.15, -0.1) is 0 Å². The van der Waals surface area contributed by atoms with E-state index in [1.165, 1.54) is 44.9 Å². The summed E-state index contributed by atoms with van der Waals surface area (Å²) in [5, 5.41) is 0. The smallest absolute Gasteiger partial charge is 0.326 e. The molecule has 1 aliphatic rings. The zero-order chi connectivity index (χ0) is 15.1. The second-order valence-electron chi connectivity index (χ2n) is 7.34. The third kappa shape index (κ3) is 6.74. The first-order chi connectivity index (χ1) is 9.33. The van der Waals surface area contributed by atoms with Crippen molar-refractivity contribution in [1.82, 2.24) is 0 Å². The monoisotopic (exact) mass is 283 g/mol. The number of esters is 1. The molecule has 0 aliphatic heterocycles. The highest BCUT2D eigenvalue weighted by Gasteiger charge is 2.36. The molecule has 1 saturated carbocycles. The molecule has 20 heavy (non-hydrogen) atoms. The van der Waals surface area contributed by atoms with Crippen LogP contribution in [0.25, 0.3) is 0 Å². The lowest BCUT2D eigenvalue weighted by atomic mass is 9.86. The van der Waals surface area contributed by atoms with Gasteiger partial charge in [0, 0.05) is 0 Å². The fourth-order valence-electron chi connectivity index (χ4n) is 2.83. The largest absolute Gasteiger partial charge is 0.459 e. The molecule has 0 heterocycles. The van der Waals surface area contributed by atoms with Crippen LogP contribution >= 0.6 is 0 Å². The van der Waals surface area contributed by atoms with Crippen LogP contribution in [0.15, 0.2) is 0 Å². The number of hydrogen-bond acceptors (Lipinski definition) is 3. The van der Waals surface area contributed by atoms with Gasteiger partial charge in [0.1, 0.15) is 11.1 Å². The van der Waals surface area contributed by atoms with Crippen LogP contribution in [0.2, 0.25) is 0 Å². The van der Waals surface area contributed by atoms with E-state index >= 15 is 0 Å². The molecule has 0 aromatic rings. The Hall–Kier alpha value is -0.570. The lowest BCUT2D eigenvalue weighted by Gasteiger charge is -2.31. The van der Waals surface area contributed by atoms with Crippen LogP contribution in [-0.4, -0.2) is 17.1 Å². The van der Waals surface area contributed by atoms with E-state index < -0.39 is 11.1 Å². The average molecular weight is 283 g/mol. The van der Waals surface area contributed by atoms with Gasteiger partial charge in [-0.05, 0) is 33.6 Å². The molecule has 118 valence electrons. The molecular weight excluding hydrogens is 250 g/mol. The maximum atomic E-state index is 12.4. The van der Waals surface area contributed by atoms with Gasteiger partial charge in [-0.25, -0.2) is 0 Å². The minimum atomic E-state index is -0.771. The summed E-state index contributed by atoms with van der Waals surface area (Å²) in [7, 11) is 0. The van der Waals surface area contributed by atoms with E-state index in [9.17, 15) is 4.79 Å². The molecule has 0 atom stereocenters. The van der Waals surface area contributed by atoms with E-state index in [1.807, 2.05) is 20.8 Å². The molecule has 1 rings (SSSR count). The predicted octanol–water partition coefficient (Wildman–Crippen LogP) is 4.33. The van der Waals surface area contributed by atoms with Crippen molar-refractivity contribution in [3.8, 4) is 0 Å². The van der Waals surface area contributed by atoms with Crippen molar-refractivity contribution in [3.05, 3.63) is 0 Å². The summed E-state index contributed by atoms with van der Waals surface area (Å²) in [4.78, 5) is 12.4. The fraction of sp³-hybridized carbons (Fsp3) is 0.941. The summed E-state index contributed by atoms with van der Waals surface area (Å²) in [5.41, 5.74) is 5.19. The second-order valence-corrected chi connectivity index (χ2v) is 7.34. The molecule has 0 spiro atoms. The van der Waals surface area contributed by atoms with E-state index in [0.717, 1.165) is 25.7 Å². The molecule has 0 amide bonds. The Balaban J connectivity index is 2.61. The van der Waals surface area contributed by atoms with Gasteiger partial charge in [0.15, 0.2) is 0 Å². The molecule has 0 aromatic heterocycles. The van der Waals surface area contributed by atoms with Crippen LogP contribution < -0.4 is 5.73 Å². The van der Waals surface area contributed by atoms with Gasteiger partial charge < -0.3 is 10.5 Å². The third-order valence-electron chi connectivity index (χ3n) is 4.05. The van der Waals surface area contributed by atoms with Crippen molar-refractivity contribution in [2.45, 2.75) is 103 Å². The molecular formula is C17H33NO2. The molecule has 3 heteroatoms. The van der Waals surface area contributed by atoms with E-state index in [2.05, 4.69) is 0 Å². The van der Waals surface area contributed by atoms with Gasteiger partial charge in [0.2, 0.25) is 0 Å². The van der Waals surface area contributed by atoms with Crippen molar-refractivity contribution in [2.24, 2.45) is 5.73 Å². The summed E-state index contributed by atoms with van der Waals surface area (Å²) in [6.07, 6.45) is 12.5. The Morgan fingerprint density at radius 3 is 1.55 bits per heavy atom. The average Bonchev–Trinajstić information content (AvgIpc) is 2.31. The Kier molecular flexibility index (Phi) is 7.01. The van der Waals surface area contributed by atoms with Crippen molar-refractivity contribution in [1.29, 1.82) is 0 Å². The Labute approximate surface area is 124 Å². The molecule has 2 N–H and O–H groups in total. The van der Waals surface area contributed by atoms with Crippen LogP contribution in [0.3, 0.4) is 0 Å². The summed E-state index contributed by atoms with van der Waals surface area (Å²) >= 11 is 0. The number of carbonyl (C=O) groups is 1. The minimum Gasteiger partial charge on any atom is -0.459 e. The first kappa shape index (κ1) is 17.5. The van der Waals surface area contributed by atoms with Crippen LogP contribution in [-0.2, 0) is 9.53 Å². The summed E-state index contributed by atoms with van der Waals surface area (Å²) < 4.78 is 5.54. The molecule has 0 bridgehead atoms. The Morgan fingerprint density at radius 1 is 0.850 bits per heavy atom. The van der Waals surface area contributed by atoms with Crippen LogP contribution in [0, 0.1) is 0 Å². The molecule has 1 aliphatic carbocycles. The topological polar surface area (TPSA) is 52.3 Å². The van der Waals surface area contributed by atoms with E-state index in [1.54, 1.807) is 0 Å². The van der Waals surface area contributed by atoms with Crippen molar-refractivity contribution in [2.75, 3.05) is 0 Å². The van der Waals surface area contributed by atoms with Crippen molar-refractivity contribution in [3.63, 3.8) is 0 Å². The van der Waals surface area contributed by atoms with Crippen LogP contribution in [0.4, 0.5) is 0 Å². The highest BCUT2D eigenvalue weighted by Crippen LogP contribution is 2.25. The Bertz CT molecular complexity index is 282. The predicted molar refractivity (Wildman–Crippen MR) is 83.6 cm³/mol. The summed E-state index contributed by atoms with van der Waals surface area (Å²) in [5.74, 6) is -0.206.